The second kappa shape index (κ2) is 10.1. The molecule has 1 aromatic rings. The molecule has 124 valence electrons. The topological polar surface area (TPSA) is 41.1 Å². The highest BCUT2D eigenvalue weighted by atomic mass is 35.5. The summed E-state index contributed by atoms with van der Waals surface area (Å²) < 4.78 is 0. The number of hydrogen-bond acceptors (Lipinski definition) is 3. The average molecular weight is 343 g/mol. The van der Waals surface area contributed by atoms with Crippen molar-refractivity contribution in [1.29, 1.82) is 0 Å². The van der Waals surface area contributed by atoms with E-state index in [4.69, 9.17) is 0 Å². The van der Waals surface area contributed by atoms with E-state index in [9.17, 15) is 4.79 Å². The number of thioether (sulfide) groups is 1. The van der Waals surface area contributed by atoms with Crippen LogP contribution in [0.4, 0.5) is 5.69 Å². The maximum absolute atomic E-state index is 12.0. The molecule has 1 aliphatic carbocycles. The molecule has 0 heterocycles. The quantitative estimate of drug-likeness (QED) is 0.784. The van der Waals surface area contributed by atoms with E-state index in [-0.39, 0.29) is 24.2 Å². The molecule has 1 atom stereocenters. The minimum atomic E-state index is -0.0217. The third-order valence-electron chi connectivity index (χ3n) is 3.94. The molecule has 1 aromatic carbocycles. The molecule has 0 bridgehead atoms. The summed E-state index contributed by atoms with van der Waals surface area (Å²) in [5.41, 5.74) is 2.21. The van der Waals surface area contributed by atoms with Crippen LogP contribution in [0.2, 0.25) is 0 Å². The van der Waals surface area contributed by atoms with E-state index in [0.29, 0.717) is 6.54 Å². The summed E-state index contributed by atoms with van der Waals surface area (Å²) >= 11 is 2.06. The molecule has 0 radical (unpaired) electrons. The van der Waals surface area contributed by atoms with Gasteiger partial charge in [-0.2, -0.15) is 11.8 Å². The van der Waals surface area contributed by atoms with Crippen LogP contribution in [0, 0.1) is 5.92 Å². The van der Waals surface area contributed by atoms with Gasteiger partial charge in [0.05, 0.1) is 0 Å². The summed E-state index contributed by atoms with van der Waals surface area (Å²) in [4.78, 5) is 12.0. The summed E-state index contributed by atoms with van der Waals surface area (Å²) in [5.74, 6) is 1.09. The summed E-state index contributed by atoms with van der Waals surface area (Å²) in [6, 6.07) is 8.25. The van der Waals surface area contributed by atoms with Gasteiger partial charge in [-0.1, -0.05) is 31.9 Å². The Morgan fingerprint density at radius 2 is 2.09 bits per heavy atom. The van der Waals surface area contributed by atoms with Crippen molar-refractivity contribution in [2.24, 2.45) is 5.92 Å². The van der Waals surface area contributed by atoms with Gasteiger partial charge in [-0.05, 0) is 37.6 Å². The number of hydrogen-bond donors (Lipinski definition) is 2. The van der Waals surface area contributed by atoms with Gasteiger partial charge < -0.3 is 10.6 Å². The molecule has 1 aliphatic rings. The van der Waals surface area contributed by atoms with E-state index in [1.807, 2.05) is 26.1 Å². The molecule has 1 saturated carbocycles. The Kier molecular flexibility index (Phi) is 8.91. The predicted molar refractivity (Wildman–Crippen MR) is 99.0 cm³/mol. The molecule has 1 amide bonds. The third kappa shape index (κ3) is 6.19. The van der Waals surface area contributed by atoms with Crippen LogP contribution in [0.5, 0.6) is 0 Å². The normalized spacial score (nSPS) is 16.1. The van der Waals surface area contributed by atoms with Crippen LogP contribution in [0.3, 0.4) is 0 Å². The van der Waals surface area contributed by atoms with Crippen molar-refractivity contribution in [3.63, 3.8) is 0 Å². The Bertz CT molecular complexity index is 464. The predicted octanol–water partition coefficient (Wildman–Crippen LogP) is 4.08. The average Bonchev–Trinajstić information content (AvgIpc) is 2.99. The fourth-order valence-corrected chi connectivity index (χ4v) is 3.95. The van der Waals surface area contributed by atoms with Gasteiger partial charge in [-0.15, -0.1) is 12.4 Å². The van der Waals surface area contributed by atoms with Crippen molar-refractivity contribution in [2.75, 3.05) is 18.9 Å². The van der Waals surface area contributed by atoms with E-state index < -0.39 is 0 Å². The van der Waals surface area contributed by atoms with Gasteiger partial charge in [-0.3, -0.25) is 4.79 Å². The Morgan fingerprint density at radius 1 is 1.36 bits per heavy atom. The largest absolute Gasteiger partial charge is 0.326 e. The molecule has 2 N–H and O–H groups in total. The summed E-state index contributed by atoms with van der Waals surface area (Å²) in [6.45, 7) is 2.63. The van der Waals surface area contributed by atoms with Crippen LogP contribution < -0.4 is 10.6 Å². The van der Waals surface area contributed by atoms with Crippen LogP contribution in [0.25, 0.3) is 0 Å². The SMILES string of the molecule is CNCC(C)C(=O)Nc1cccc(CSC2CCCC2)c1.Cl. The van der Waals surface area contributed by atoms with Crippen LogP contribution >= 0.6 is 24.2 Å². The van der Waals surface area contributed by atoms with E-state index in [2.05, 4.69) is 34.5 Å². The Hall–Kier alpha value is -0.710. The van der Waals surface area contributed by atoms with E-state index in [1.54, 1.807) is 0 Å². The first-order valence-corrected chi connectivity index (χ1v) is 8.90. The van der Waals surface area contributed by atoms with E-state index in [1.165, 1.54) is 31.2 Å². The number of carbonyl (C=O) groups excluding carboxylic acids is 1. The lowest BCUT2D eigenvalue weighted by atomic mass is 10.1. The molecule has 0 spiro atoms. The Morgan fingerprint density at radius 3 is 2.77 bits per heavy atom. The molecule has 0 saturated heterocycles. The van der Waals surface area contributed by atoms with Crippen molar-refractivity contribution < 1.29 is 4.79 Å². The molecule has 0 aliphatic heterocycles. The number of rotatable bonds is 7. The molecular weight excluding hydrogens is 316 g/mol. The zero-order valence-corrected chi connectivity index (χ0v) is 15.1. The van der Waals surface area contributed by atoms with Crippen molar-refractivity contribution in [2.45, 2.75) is 43.6 Å². The second-order valence-electron chi connectivity index (χ2n) is 5.87. The molecule has 2 rings (SSSR count). The van der Waals surface area contributed by atoms with Crippen LogP contribution in [-0.4, -0.2) is 24.7 Å². The molecule has 22 heavy (non-hydrogen) atoms. The molecule has 0 aromatic heterocycles. The van der Waals surface area contributed by atoms with E-state index in [0.717, 1.165) is 16.7 Å². The zero-order chi connectivity index (χ0) is 15.1. The van der Waals surface area contributed by atoms with Crippen molar-refractivity contribution in [3.05, 3.63) is 29.8 Å². The number of carbonyl (C=O) groups is 1. The van der Waals surface area contributed by atoms with Crippen LogP contribution in [-0.2, 0) is 10.5 Å². The van der Waals surface area contributed by atoms with Crippen LogP contribution in [0.1, 0.15) is 38.2 Å². The van der Waals surface area contributed by atoms with Crippen molar-refractivity contribution >= 4 is 35.8 Å². The second-order valence-corrected chi connectivity index (χ2v) is 7.15. The van der Waals surface area contributed by atoms with Gasteiger partial charge in [0.25, 0.3) is 0 Å². The number of halogens is 1. The van der Waals surface area contributed by atoms with Gasteiger partial charge in [0, 0.05) is 29.2 Å². The van der Waals surface area contributed by atoms with Gasteiger partial charge in [0.15, 0.2) is 0 Å². The molecule has 1 fully saturated rings. The minimum Gasteiger partial charge on any atom is -0.326 e. The maximum atomic E-state index is 12.0. The van der Waals surface area contributed by atoms with Gasteiger partial charge in [0.2, 0.25) is 5.91 Å². The summed E-state index contributed by atoms with van der Waals surface area (Å²) in [6.07, 6.45) is 5.50. The highest BCUT2D eigenvalue weighted by Crippen LogP contribution is 2.31. The standard InChI is InChI=1S/C17H26N2OS.ClH/c1-13(11-18-2)17(20)19-15-7-5-6-14(10-15)12-21-16-8-3-4-9-16;/h5-7,10,13,16,18H,3-4,8-9,11-12H2,1-2H3,(H,19,20);1H. The Balaban J connectivity index is 0.00000242. The highest BCUT2D eigenvalue weighted by molar-refractivity contribution is 7.99. The lowest BCUT2D eigenvalue weighted by Gasteiger charge is -2.13. The van der Waals surface area contributed by atoms with Crippen LogP contribution in [0.15, 0.2) is 24.3 Å². The minimum absolute atomic E-state index is 0. The fraction of sp³-hybridized carbons (Fsp3) is 0.588. The molecule has 3 nitrogen and oxygen atoms in total. The number of benzene rings is 1. The number of nitrogens with one attached hydrogen (secondary N) is 2. The smallest absolute Gasteiger partial charge is 0.228 e. The van der Waals surface area contributed by atoms with Gasteiger partial charge >= 0.3 is 0 Å². The number of anilines is 1. The molecule has 1 unspecified atom stereocenters. The zero-order valence-electron chi connectivity index (χ0n) is 13.4. The van der Waals surface area contributed by atoms with Gasteiger partial charge in [0.1, 0.15) is 0 Å². The van der Waals surface area contributed by atoms with Gasteiger partial charge in [-0.25, -0.2) is 0 Å². The fourth-order valence-electron chi connectivity index (χ4n) is 2.67. The maximum Gasteiger partial charge on any atom is 0.228 e. The first kappa shape index (κ1) is 19.3. The van der Waals surface area contributed by atoms with Crippen molar-refractivity contribution in [1.82, 2.24) is 5.32 Å². The van der Waals surface area contributed by atoms with E-state index >= 15 is 0 Å². The molecular formula is C17H27ClN2OS. The first-order valence-electron chi connectivity index (χ1n) is 7.85. The number of amides is 1. The molecule has 5 heteroatoms. The lowest BCUT2D eigenvalue weighted by molar-refractivity contribution is -0.119. The van der Waals surface area contributed by atoms with Crippen molar-refractivity contribution in [3.8, 4) is 0 Å². The monoisotopic (exact) mass is 342 g/mol. The third-order valence-corrected chi connectivity index (χ3v) is 5.38. The highest BCUT2D eigenvalue weighted by Gasteiger charge is 2.15. The first-order chi connectivity index (χ1) is 10.2. The summed E-state index contributed by atoms with van der Waals surface area (Å²) in [5, 5.41) is 6.87. The summed E-state index contributed by atoms with van der Waals surface area (Å²) in [7, 11) is 1.87. The lowest BCUT2D eigenvalue weighted by Crippen LogP contribution is -2.28. The Labute approximate surface area is 144 Å².